The van der Waals surface area contributed by atoms with Gasteiger partial charge in [0.05, 0.1) is 21.9 Å². The van der Waals surface area contributed by atoms with Crippen LogP contribution in [0.1, 0.15) is 119 Å². The molecule has 0 amide bonds. The quantitative estimate of drug-likeness (QED) is 0.339. The molecule has 4 aliphatic carbocycles. The predicted octanol–water partition coefficient (Wildman–Crippen LogP) is 8.06. The maximum absolute atomic E-state index is 14.0. The van der Waals surface area contributed by atoms with Crippen molar-refractivity contribution in [2.45, 2.75) is 141 Å². The molecule has 232 valence electrons. The molecule has 1 aromatic rings. The molecule has 0 saturated heterocycles. The van der Waals surface area contributed by atoms with E-state index in [2.05, 4.69) is 20.8 Å². The predicted molar refractivity (Wildman–Crippen MR) is 167 cm³/mol. The highest BCUT2D eigenvalue weighted by Crippen LogP contribution is 2.69. The molecule has 5 rings (SSSR count). The Morgan fingerprint density at radius 2 is 1.54 bits per heavy atom. The van der Waals surface area contributed by atoms with E-state index < -0.39 is 26.8 Å². The fraction of sp³-hybridized carbons (Fsp3) is 0.833. The Labute approximate surface area is 251 Å². The second-order valence-corrected chi connectivity index (χ2v) is 19.1. The maximum atomic E-state index is 14.0. The smallest absolute Gasteiger partial charge is 0.181 e. The van der Waals surface area contributed by atoms with Crippen LogP contribution in [0.25, 0.3) is 0 Å². The van der Waals surface area contributed by atoms with Crippen LogP contribution in [0.4, 0.5) is 0 Å². The molecule has 2 N–H and O–H groups in total. The van der Waals surface area contributed by atoms with Gasteiger partial charge in [-0.1, -0.05) is 59.7 Å². The molecule has 0 heterocycles. The van der Waals surface area contributed by atoms with Crippen molar-refractivity contribution < 1.29 is 18.6 Å². The fourth-order valence-corrected chi connectivity index (χ4v) is 12.7. The first kappa shape index (κ1) is 31.5. The molecule has 4 nitrogen and oxygen atoms in total. The van der Waals surface area contributed by atoms with Crippen LogP contribution >= 0.6 is 0 Å². The zero-order valence-corrected chi connectivity index (χ0v) is 27.7. The molecular formula is C36H58O4S. The van der Waals surface area contributed by atoms with Gasteiger partial charge in [-0.15, -0.1) is 0 Å². The molecule has 5 heteroatoms. The van der Waals surface area contributed by atoms with Gasteiger partial charge in [0.2, 0.25) is 0 Å². The van der Waals surface area contributed by atoms with Crippen LogP contribution in [0.15, 0.2) is 35.2 Å². The van der Waals surface area contributed by atoms with Crippen LogP contribution in [0, 0.1) is 51.8 Å². The molecule has 4 aliphatic rings. The number of aliphatic hydroxyl groups is 2. The first-order valence-corrected chi connectivity index (χ1v) is 18.2. The number of hydrogen-bond acceptors (Lipinski definition) is 4. The van der Waals surface area contributed by atoms with Crippen molar-refractivity contribution in [3.8, 4) is 0 Å². The van der Waals surface area contributed by atoms with Gasteiger partial charge in [-0.05, 0) is 141 Å². The van der Waals surface area contributed by atoms with Gasteiger partial charge >= 0.3 is 0 Å². The summed E-state index contributed by atoms with van der Waals surface area (Å²) in [5.41, 5.74) is -0.245. The van der Waals surface area contributed by atoms with Gasteiger partial charge in [-0.2, -0.15) is 0 Å². The van der Waals surface area contributed by atoms with Gasteiger partial charge in [-0.3, -0.25) is 0 Å². The molecule has 0 bridgehead atoms. The van der Waals surface area contributed by atoms with E-state index in [1.54, 1.807) is 24.3 Å². The average Bonchev–Trinajstić information content (AvgIpc) is 3.26. The minimum absolute atomic E-state index is 0.258. The van der Waals surface area contributed by atoms with Crippen LogP contribution in [-0.2, 0) is 9.84 Å². The number of aliphatic hydroxyl groups excluding tert-OH is 1. The molecule has 0 spiro atoms. The standard InChI is InChI=1S/C36H58O4S/c1-24(21-27(22-32(37)33(2,3)4)41(39,40)26-11-9-8-10-12-26)29-15-16-30-28-14-13-25-23-34(5,38)19-20-35(25,6)31(28)17-18-36(29,30)7/h8-12,24-25,27-32,37-38H,13-23H2,1-7H3/t24-,25+,27?,28+,29-,30+,31+,32-,34+,35+,36-/m1/s1. The lowest BCUT2D eigenvalue weighted by molar-refractivity contribution is -0.148. The average molecular weight is 587 g/mol. The second kappa shape index (κ2) is 10.9. The Hall–Kier alpha value is -0.910. The fourth-order valence-electron chi connectivity index (χ4n) is 10.7. The highest BCUT2D eigenvalue weighted by molar-refractivity contribution is 7.92. The van der Waals surface area contributed by atoms with Crippen molar-refractivity contribution in [3.63, 3.8) is 0 Å². The first-order valence-electron chi connectivity index (χ1n) is 16.7. The summed E-state index contributed by atoms with van der Waals surface area (Å²) in [6.07, 6.45) is 10.8. The van der Waals surface area contributed by atoms with Gasteiger partial charge in [-0.25, -0.2) is 8.42 Å². The Morgan fingerprint density at radius 3 is 2.20 bits per heavy atom. The highest BCUT2D eigenvalue weighted by atomic mass is 32.2. The van der Waals surface area contributed by atoms with Crippen molar-refractivity contribution in [1.82, 2.24) is 0 Å². The Morgan fingerprint density at radius 1 is 0.878 bits per heavy atom. The topological polar surface area (TPSA) is 74.6 Å². The zero-order chi connectivity index (χ0) is 30.0. The molecule has 4 saturated carbocycles. The summed E-state index contributed by atoms with van der Waals surface area (Å²) in [7, 11) is -3.56. The minimum atomic E-state index is -3.56. The van der Waals surface area contributed by atoms with Gasteiger partial charge in [0, 0.05) is 0 Å². The third kappa shape index (κ3) is 5.70. The Balaban J connectivity index is 1.36. The van der Waals surface area contributed by atoms with E-state index in [-0.39, 0.29) is 23.2 Å². The number of sulfone groups is 1. The summed E-state index contributed by atoms with van der Waals surface area (Å²) in [5, 5.41) is 21.4. The van der Waals surface area contributed by atoms with E-state index in [9.17, 15) is 18.6 Å². The highest BCUT2D eigenvalue weighted by Gasteiger charge is 2.61. The number of rotatable bonds is 7. The van der Waals surface area contributed by atoms with Crippen LogP contribution in [0.2, 0.25) is 0 Å². The zero-order valence-electron chi connectivity index (χ0n) is 26.9. The van der Waals surface area contributed by atoms with Crippen molar-refractivity contribution in [1.29, 1.82) is 0 Å². The largest absolute Gasteiger partial charge is 0.393 e. The molecule has 1 unspecified atom stereocenters. The summed E-state index contributed by atoms with van der Waals surface area (Å²) < 4.78 is 28.0. The van der Waals surface area contributed by atoms with Crippen molar-refractivity contribution in [3.05, 3.63) is 30.3 Å². The van der Waals surface area contributed by atoms with E-state index in [0.29, 0.717) is 28.6 Å². The SMILES string of the molecule is C[C@H](CC(C[C@@H](O)C(C)(C)C)S(=O)(=O)c1ccccc1)[C@H]1CC[C@H]2[C@@H]3CC[C@H]4C[C@@](C)(O)CC[C@]4(C)[C@H]3CC[C@]12C. The summed E-state index contributed by atoms with van der Waals surface area (Å²) in [4.78, 5) is 0.380. The number of hydrogen-bond donors (Lipinski definition) is 2. The summed E-state index contributed by atoms with van der Waals surface area (Å²) in [6.45, 7) is 15.5. The monoisotopic (exact) mass is 586 g/mol. The van der Waals surface area contributed by atoms with Gasteiger partial charge < -0.3 is 10.2 Å². The van der Waals surface area contributed by atoms with Gasteiger partial charge in [0.25, 0.3) is 0 Å². The van der Waals surface area contributed by atoms with Crippen LogP contribution < -0.4 is 0 Å². The van der Waals surface area contributed by atoms with Crippen molar-refractivity contribution in [2.24, 2.45) is 51.8 Å². The molecule has 4 fully saturated rings. The summed E-state index contributed by atoms with van der Waals surface area (Å²) in [5.74, 6) is 3.70. The lowest BCUT2D eigenvalue weighted by Gasteiger charge is -2.62. The van der Waals surface area contributed by atoms with E-state index >= 15 is 0 Å². The third-order valence-corrected chi connectivity index (χ3v) is 15.5. The second-order valence-electron chi connectivity index (χ2n) is 16.9. The molecule has 41 heavy (non-hydrogen) atoms. The van der Waals surface area contributed by atoms with E-state index in [0.717, 1.165) is 37.0 Å². The van der Waals surface area contributed by atoms with Crippen LogP contribution in [0.5, 0.6) is 0 Å². The lowest BCUT2D eigenvalue weighted by Crippen LogP contribution is -2.55. The molecule has 0 radical (unpaired) electrons. The van der Waals surface area contributed by atoms with Crippen LogP contribution in [-0.4, -0.2) is 35.6 Å². The maximum Gasteiger partial charge on any atom is 0.181 e. The molecular weight excluding hydrogens is 528 g/mol. The van der Waals surface area contributed by atoms with Gasteiger partial charge in [0.15, 0.2) is 9.84 Å². The van der Waals surface area contributed by atoms with Crippen molar-refractivity contribution >= 4 is 9.84 Å². The minimum Gasteiger partial charge on any atom is -0.393 e. The Kier molecular flexibility index (Phi) is 8.39. The van der Waals surface area contributed by atoms with E-state index in [1.807, 2.05) is 33.8 Å². The van der Waals surface area contributed by atoms with Gasteiger partial charge in [0.1, 0.15) is 0 Å². The van der Waals surface area contributed by atoms with E-state index in [4.69, 9.17) is 0 Å². The summed E-state index contributed by atoms with van der Waals surface area (Å²) in [6, 6.07) is 8.90. The lowest BCUT2D eigenvalue weighted by atomic mass is 9.43. The normalized spacial score (nSPS) is 41.5. The molecule has 0 aliphatic heterocycles. The first-order chi connectivity index (χ1) is 19.0. The molecule has 0 aromatic heterocycles. The Bertz CT molecular complexity index is 1170. The van der Waals surface area contributed by atoms with Crippen molar-refractivity contribution in [2.75, 3.05) is 0 Å². The third-order valence-electron chi connectivity index (χ3n) is 13.3. The van der Waals surface area contributed by atoms with E-state index in [1.165, 1.54) is 38.5 Å². The molecule has 11 atom stereocenters. The van der Waals surface area contributed by atoms with Crippen LogP contribution in [0.3, 0.4) is 0 Å². The molecule has 1 aromatic carbocycles. The number of fused-ring (bicyclic) bond motifs is 5. The summed E-state index contributed by atoms with van der Waals surface area (Å²) >= 11 is 0. The number of benzene rings is 1.